The van der Waals surface area contributed by atoms with Gasteiger partial charge in [-0.3, -0.25) is 9.59 Å². The Morgan fingerprint density at radius 1 is 0.696 bits per heavy atom. The zero-order valence-electron chi connectivity index (χ0n) is 12.4. The lowest BCUT2D eigenvalue weighted by molar-refractivity contribution is 0.0926. The molecule has 0 N–H and O–H groups in total. The van der Waals surface area contributed by atoms with Gasteiger partial charge in [0.05, 0.1) is 16.8 Å². The molecule has 3 nitrogen and oxygen atoms in total. The molecule has 0 bridgehead atoms. The average Bonchev–Trinajstić information content (AvgIpc) is 3.11. The van der Waals surface area contributed by atoms with Gasteiger partial charge in [-0.15, -0.1) is 0 Å². The fourth-order valence-corrected chi connectivity index (χ4v) is 3.83. The van der Waals surface area contributed by atoms with Crippen LogP contribution in [0, 0.1) is 0 Å². The van der Waals surface area contributed by atoms with Gasteiger partial charge in [-0.05, 0) is 47.6 Å². The van der Waals surface area contributed by atoms with Gasteiger partial charge >= 0.3 is 0 Å². The Hall–Kier alpha value is -2.94. The number of carbonyl (C=O) groups excluding carboxylic acids is 2. The van der Waals surface area contributed by atoms with Crippen molar-refractivity contribution in [1.29, 1.82) is 0 Å². The summed E-state index contributed by atoms with van der Waals surface area (Å²) in [4.78, 5) is 26.8. The Morgan fingerprint density at radius 2 is 1.35 bits per heavy atom. The Morgan fingerprint density at radius 3 is 2.04 bits per heavy atom. The standard InChI is InChI=1S/C20H13NO2/c22-19-14-5-1-2-6-15(14)20(23)21(19)17-11-10-13-9-8-12-4-3-7-16(17)18(12)13/h1-7,10-11H,8-9H2. The molecule has 0 saturated carbocycles. The van der Waals surface area contributed by atoms with E-state index >= 15 is 0 Å². The number of hydrogen-bond acceptors (Lipinski definition) is 2. The monoisotopic (exact) mass is 299 g/mol. The van der Waals surface area contributed by atoms with Gasteiger partial charge in [-0.1, -0.05) is 36.4 Å². The SMILES string of the molecule is O=C1c2ccccc2C(=O)N1c1ccc2c3c(cccc13)CC2. The summed E-state index contributed by atoms with van der Waals surface area (Å²) in [5.41, 5.74) is 4.27. The summed E-state index contributed by atoms with van der Waals surface area (Å²) in [5.74, 6) is -0.464. The molecule has 1 aliphatic heterocycles. The van der Waals surface area contributed by atoms with Crippen LogP contribution in [0.1, 0.15) is 31.8 Å². The lowest BCUT2D eigenvalue weighted by Gasteiger charge is -2.17. The van der Waals surface area contributed by atoms with Crippen molar-refractivity contribution in [2.75, 3.05) is 4.90 Å². The van der Waals surface area contributed by atoms with E-state index in [1.54, 1.807) is 24.3 Å². The van der Waals surface area contributed by atoms with Gasteiger partial charge in [0.25, 0.3) is 11.8 Å². The number of anilines is 1. The third-order valence-electron chi connectivity index (χ3n) is 4.89. The van der Waals surface area contributed by atoms with Crippen LogP contribution in [-0.2, 0) is 12.8 Å². The molecular formula is C20H13NO2. The van der Waals surface area contributed by atoms with Crippen LogP contribution in [0.2, 0.25) is 0 Å². The van der Waals surface area contributed by atoms with Crippen LogP contribution in [0.5, 0.6) is 0 Å². The molecule has 0 radical (unpaired) electrons. The Bertz CT molecular complexity index is 974. The highest BCUT2D eigenvalue weighted by Gasteiger charge is 2.37. The van der Waals surface area contributed by atoms with Crippen LogP contribution < -0.4 is 4.90 Å². The summed E-state index contributed by atoms with van der Waals surface area (Å²) in [7, 11) is 0. The molecule has 0 fully saturated rings. The van der Waals surface area contributed by atoms with E-state index in [0.29, 0.717) is 16.8 Å². The van der Waals surface area contributed by atoms with E-state index in [9.17, 15) is 9.59 Å². The molecule has 0 spiro atoms. The molecule has 2 amide bonds. The molecule has 3 aromatic rings. The zero-order valence-corrected chi connectivity index (χ0v) is 12.4. The summed E-state index contributed by atoms with van der Waals surface area (Å²) in [6.45, 7) is 0. The minimum Gasteiger partial charge on any atom is -0.268 e. The maximum Gasteiger partial charge on any atom is 0.266 e. The number of carbonyl (C=O) groups is 2. The summed E-state index contributed by atoms with van der Waals surface area (Å²) in [6, 6.07) is 17.1. The second-order valence-electron chi connectivity index (χ2n) is 6.07. The second kappa shape index (κ2) is 4.29. The normalized spacial score (nSPS) is 15.6. The van der Waals surface area contributed by atoms with E-state index < -0.39 is 0 Å². The van der Waals surface area contributed by atoms with E-state index in [4.69, 9.17) is 0 Å². The molecule has 3 heteroatoms. The van der Waals surface area contributed by atoms with Gasteiger partial charge in [0, 0.05) is 5.39 Å². The summed E-state index contributed by atoms with van der Waals surface area (Å²) < 4.78 is 0. The van der Waals surface area contributed by atoms with Crippen molar-refractivity contribution in [3.8, 4) is 0 Å². The van der Waals surface area contributed by atoms with Crippen LogP contribution in [0.3, 0.4) is 0 Å². The zero-order chi connectivity index (χ0) is 15.6. The van der Waals surface area contributed by atoms with E-state index in [1.165, 1.54) is 21.4 Å². The first kappa shape index (κ1) is 12.6. The number of fused-ring (bicyclic) bond motifs is 1. The molecule has 3 aromatic carbocycles. The smallest absolute Gasteiger partial charge is 0.266 e. The molecule has 110 valence electrons. The second-order valence-corrected chi connectivity index (χ2v) is 6.07. The van der Waals surface area contributed by atoms with Crippen molar-refractivity contribution >= 4 is 28.3 Å². The first-order chi connectivity index (χ1) is 11.3. The molecule has 5 rings (SSSR count). The molecule has 1 heterocycles. The lowest BCUT2D eigenvalue weighted by atomic mass is 10.0. The number of hydrogen-bond donors (Lipinski definition) is 0. The van der Waals surface area contributed by atoms with Crippen molar-refractivity contribution in [2.24, 2.45) is 0 Å². The van der Waals surface area contributed by atoms with Crippen LogP contribution >= 0.6 is 0 Å². The highest BCUT2D eigenvalue weighted by atomic mass is 16.2. The quantitative estimate of drug-likeness (QED) is 0.642. The molecule has 0 aromatic heterocycles. The van der Waals surface area contributed by atoms with E-state index in [-0.39, 0.29) is 11.8 Å². The summed E-state index contributed by atoms with van der Waals surface area (Å²) >= 11 is 0. The van der Waals surface area contributed by atoms with Crippen LogP contribution in [0.4, 0.5) is 5.69 Å². The van der Waals surface area contributed by atoms with Crippen molar-refractivity contribution in [2.45, 2.75) is 12.8 Å². The fourth-order valence-electron chi connectivity index (χ4n) is 3.83. The largest absolute Gasteiger partial charge is 0.268 e. The Kier molecular flexibility index (Phi) is 2.35. The average molecular weight is 299 g/mol. The minimum atomic E-state index is -0.232. The fraction of sp³-hybridized carbons (Fsp3) is 0.100. The summed E-state index contributed by atoms with van der Waals surface area (Å²) in [5, 5.41) is 2.20. The molecule has 0 unspecified atom stereocenters. The number of nitrogens with zero attached hydrogens (tertiary/aromatic N) is 1. The number of benzene rings is 3. The topological polar surface area (TPSA) is 37.4 Å². The molecule has 0 atom stereocenters. The van der Waals surface area contributed by atoms with Gasteiger partial charge in [0.1, 0.15) is 0 Å². The maximum absolute atomic E-state index is 12.7. The van der Waals surface area contributed by atoms with Crippen LogP contribution in [-0.4, -0.2) is 11.8 Å². The molecule has 0 saturated heterocycles. The van der Waals surface area contributed by atoms with E-state index in [2.05, 4.69) is 12.1 Å². The number of imide groups is 1. The molecule has 23 heavy (non-hydrogen) atoms. The summed E-state index contributed by atoms with van der Waals surface area (Å²) in [6.07, 6.45) is 2.05. The van der Waals surface area contributed by atoms with Crippen LogP contribution in [0.25, 0.3) is 10.8 Å². The number of aryl methyl sites for hydroxylation is 2. The van der Waals surface area contributed by atoms with Crippen LogP contribution in [0.15, 0.2) is 54.6 Å². The van der Waals surface area contributed by atoms with Gasteiger partial charge in [-0.2, -0.15) is 0 Å². The molecule has 2 aliphatic rings. The van der Waals surface area contributed by atoms with E-state index in [1.807, 2.05) is 18.2 Å². The predicted octanol–water partition coefficient (Wildman–Crippen LogP) is 3.74. The number of amides is 2. The highest BCUT2D eigenvalue weighted by Crippen LogP contribution is 2.39. The first-order valence-electron chi connectivity index (χ1n) is 7.77. The van der Waals surface area contributed by atoms with Gasteiger partial charge in [-0.25, -0.2) is 4.90 Å². The molecular weight excluding hydrogens is 286 g/mol. The van der Waals surface area contributed by atoms with Crippen molar-refractivity contribution in [3.63, 3.8) is 0 Å². The van der Waals surface area contributed by atoms with E-state index in [0.717, 1.165) is 18.2 Å². The Labute approximate surface area is 133 Å². The number of rotatable bonds is 1. The van der Waals surface area contributed by atoms with Crippen molar-refractivity contribution in [3.05, 3.63) is 76.9 Å². The molecule has 1 aliphatic carbocycles. The third kappa shape index (κ3) is 1.54. The first-order valence-corrected chi connectivity index (χ1v) is 7.77. The van der Waals surface area contributed by atoms with Gasteiger partial charge < -0.3 is 0 Å². The third-order valence-corrected chi connectivity index (χ3v) is 4.89. The lowest BCUT2D eigenvalue weighted by Crippen LogP contribution is -2.29. The van der Waals surface area contributed by atoms with Crippen molar-refractivity contribution in [1.82, 2.24) is 0 Å². The predicted molar refractivity (Wildman–Crippen MR) is 88.9 cm³/mol. The van der Waals surface area contributed by atoms with Gasteiger partial charge in [0.2, 0.25) is 0 Å². The highest BCUT2D eigenvalue weighted by molar-refractivity contribution is 6.36. The maximum atomic E-state index is 12.7. The van der Waals surface area contributed by atoms with Crippen molar-refractivity contribution < 1.29 is 9.59 Å². The van der Waals surface area contributed by atoms with Gasteiger partial charge in [0.15, 0.2) is 0 Å². The minimum absolute atomic E-state index is 0.232. The Balaban J connectivity index is 1.78.